The van der Waals surface area contributed by atoms with Gasteiger partial charge in [-0.25, -0.2) is 0 Å². The third kappa shape index (κ3) is 7.63. The van der Waals surface area contributed by atoms with Crippen molar-refractivity contribution in [1.82, 2.24) is 5.32 Å². The van der Waals surface area contributed by atoms with E-state index in [4.69, 9.17) is 16.3 Å². The molecule has 0 radical (unpaired) electrons. The fraction of sp³-hybridized carbons (Fsp3) is 0.909. The molecule has 15 heavy (non-hydrogen) atoms. The van der Waals surface area contributed by atoms with E-state index in [-0.39, 0.29) is 11.9 Å². The van der Waals surface area contributed by atoms with Crippen molar-refractivity contribution in [2.24, 2.45) is 5.92 Å². The predicted molar refractivity (Wildman–Crippen MR) is 63.2 cm³/mol. The average Bonchev–Trinajstić information content (AvgIpc) is 2.18. The van der Waals surface area contributed by atoms with Gasteiger partial charge in [-0.1, -0.05) is 20.3 Å². The Labute approximate surface area is 97.5 Å². The number of ether oxygens (including phenoxy) is 1. The van der Waals surface area contributed by atoms with E-state index < -0.39 is 0 Å². The quantitative estimate of drug-likeness (QED) is 0.655. The van der Waals surface area contributed by atoms with Crippen LogP contribution in [0, 0.1) is 5.92 Å². The van der Waals surface area contributed by atoms with E-state index in [1.807, 2.05) is 0 Å². The number of carbonyl (C=O) groups is 1. The summed E-state index contributed by atoms with van der Waals surface area (Å²) < 4.78 is 5.02. The number of halogens is 1. The first-order valence-corrected chi connectivity index (χ1v) is 6.01. The van der Waals surface area contributed by atoms with E-state index in [1.165, 1.54) is 0 Å². The minimum atomic E-state index is 0.0454. The summed E-state index contributed by atoms with van der Waals surface area (Å²) in [5.74, 6) is 1.07. The maximum absolute atomic E-state index is 11.6. The molecule has 2 atom stereocenters. The molecule has 0 aliphatic carbocycles. The Morgan fingerprint density at radius 2 is 2.20 bits per heavy atom. The van der Waals surface area contributed by atoms with Gasteiger partial charge in [0.15, 0.2) is 0 Å². The molecule has 0 saturated heterocycles. The number of amides is 1. The van der Waals surface area contributed by atoms with Gasteiger partial charge in [-0.3, -0.25) is 4.79 Å². The van der Waals surface area contributed by atoms with Crippen LogP contribution in [0.3, 0.4) is 0 Å². The van der Waals surface area contributed by atoms with Gasteiger partial charge in [0.25, 0.3) is 0 Å². The molecule has 0 saturated carbocycles. The van der Waals surface area contributed by atoms with Crippen LogP contribution in [0.15, 0.2) is 0 Å². The highest BCUT2D eigenvalue weighted by molar-refractivity contribution is 6.17. The Morgan fingerprint density at radius 3 is 2.67 bits per heavy atom. The van der Waals surface area contributed by atoms with Crippen molar-refractivity contribution in [3.63, 3.8) is 0 Å². The monoisotopic (exact) mass is 235 g/mol. The van der Waals surface area contributed by atoms with Gasteiger partial charge in [0.2, 0.25) is 5.91 Å². The molecule has 0 fully saturated rings. The molecule has 0 aliphatic heterocycles. The van der Waals surface area contributed by atoms with E-state index in [0.717, 1.165) is 12.8 Å². The summed E-state index contributed by atoms with van der Waals surface area (Å²) in [4.78, 5) is 11.6. The Morgan fingerprint density at radius 1 is 1.53 bits per heavy atom. The minimum Gasteiger partial charge on any atom is -0.383 e. The molecule has 0 bridgehead atoms. The molecule has 0 heterocycles. The first-order valence-electron chi connectivity index (χ1n) is 5.48. The lowest BCUT2D eigenvalue weighted by molar-refractivity contribution is -0.123. The summed E-state index contributed by atoms with van der Waals surface area (Å²) in [7, 11) is 1.63. The Balaban J connectivity index is 3.87. The number of carbonyl (C=O) groups excluding carboxylic acids is 1. The van der Waals surface area contributed by atoms with Crippen molar-refractivity contribution in [3.8, 4) is 0 Å². The highest BCUT2D eigenvalue weighted by atomic mass is 35.5. The molecule has 1 amide bonds. The SMILES string of the molecule is CCC(C)CC(=O)NC(CCCl)COC. The molecule has 2 unspecified atom stereocenters. The van der Waals surface area contributed by atoms with Crippen LogP contribution in [0.5, 0.6) is 0 Å². The van der Waals surface area contributed by atoms with Crippen LogP contribution in [0.2, 0.25) is 0 Å². The van der Waals surface area contributed by atoms with Gasteiger partial charge in [-0.2, -0.15) is 0 Å². The van der Waals surface area contributed by atoms with Crippen LogP contribution in [0.4, 0.5) is 0 Å². The molecule has 0 spiro atoms. The van der Waals surface area contributed by atoms with Crippen molar-refractivity contribution in [2.75, 3.05) is 19.6 Å². The lowest BCUT2D eigenvalue weighted by Crippen LogP contribution is -2.38. The summed E-state index contributed by atoms with van der Waals surface area (Å²) in [6, 6.07) is 0.0454. The molecule has 1 N–H and O–H groups in total. The Bertz CT molecular complexity index is 170. The largest absolute Gasteiger partial charge is 0.383 e. The number of methoxy groups -OCH3 is 1. The molecule has 0 aromatic carbocycles. The summed E-state index contributed by atoms with van der Waals surface area (Å²) in [6.07, 6.45) is 2.36. The van der Waals surface area contributed by atoms with E-state index >= 15 is 0 Å². The molecule has 0 rings (SSSR count). The van der Waals surface area contributed by atoms with Crippen molar-refractivity contribution >= 4 is 17.5 Å². The molecule has 0 aliphatic rings. The first-order chi connectivity index (χ1) is 7.13. The van der Waals surface area contributed by atoms with Crippen LogP contribution in [-0.2, 0) is 9.53 Å². The second kappa shape index (κ2) is 8.98. The van der Waals surface area contributed by atoms with Gasteiger partial charge in [-0.15, -0.1) is 11.6 Å². The third-order valence-electron chi connectivity index (χ3n) is 2.42. The zero-order valence-corrected chi connectivity index (χ0v) is 10.6. The minimum absolute atomic E-state index is 0.0454. The van der Waals surface area contributed by atoms with Crippen LogP contribution in [0.1, 0.15) is 33.1 Å². The summed E-state index contributed by atoms with van der Waals surface area (Å²) in [5, 5.41) is 2.94. The lowest BCUT2D eigenvalue weighted by atomic mass is 10.0. The zero-order valence-electron chi connectivity index (χ0n) is 9.88. The van der Waals surface area contributed by atoms with Gasteiger partial charge in [0.1, 0.15) is 0 Å². The summed E-state index contributed by atoms with van der Waals surface area (Å²) >= 11 is 5.64. The lowest BCUT2D eigenvalue weighted by Gasteiger charge is -2.17. The third-order valence-corrected chi connectivity index (χ3v) is 2.64. The van der Waals surface area contributed by atoms with E-state index in [9.17, 15) is 4.79 Å². The predicted octanol–water partition coefficient (Wildman–Crippen LogP) is 2.18. The first kappa shape index (κ1) is 14.7. The normalized spacial score (nSPS) is 14.7. The number of hydrogen-bond acceptors (Lipinski definition) is 2. The molecular weight excluding hydrogens is 214 g/mol. The summed E-state index contributed by atoms with van der Waals surface area (Å²) in [5.41, 5.74) is 0. The summed E-state index contributed by atoms with van der Waals surface area (Å²) in [6.45, 7) is 4.69. The molecule has 0 aromatic heterocycles. The number of rotatable bonds is 8. The van der Waals surface area contributed by atoms with Gasteiger partial charge in [-0.05, 0) is 12.3 Å². The van der Waals surface area contributed by atoms with Gasteiger partial charge < -0.3 is 10.1 Å². The molecule has 3 nitrogen and oxygen atoms in total. The van der Waals surface area contributed by atoms with Gasteiger partial charge in [0.05, 0.1) is 12.6 Å². The number of hydrogen-bond donors (Lipinski definition) is 1. The highest BCUT2D eigenvalue weighted by Crippen LogP contribution is 2.06. The fourth-order valence-electron chi connectivity index (χ4n) is 1.28. The van der Waals surface area contributed by atoms with Crippen LogP contribution >= 0.6 is 11.6 Å². The number of nitrogens with one attached hydrogen (secondary N) is 1. The van der Waals surface area contributed by atoms with Crippen molar-refractivity contribution in [3.05, 3.63) is 0 Å². The Kier molecular flexibility index (Phi) is 8.82. The van der Waals surface area contributed by atoms with Crippen molar-refractivity contribution < 1.29 is 9.53 Å². The second-order valence-electron chi connectivity index (χ2n) is 3.91. The van der Waals surface area contributed by atoms with Crippen LogP contribution < -0.4 is 5.32 Å². The highest BCUT2D eigenvalue weighted by Gasteiger charge is 2.13. The van der Waals surface area contributed by atoms with Crippen molar-refractivity contribution in [1.29, 1.82) is 0 Å². The number of alkyl halides is 1. The molecule has 90 valence electrons. The van der Waals surface area contributed by atoms with E-state index in [0.29, 0.717) is 24.8 Å². The Hall–Kier alpha value is -0.280. The maximum Gasteiger partial charge on any atom is 0.220 e. The van der Waals surface area contributed by atoms with E-state index in [2.05, 4.69) is 19.2 Å². The molecule has 4 heteroatoms. The van der Waals surface area contributed by atoms with Crippen LogP contribution in [0.25, 0.3) is 0 Å². The standard InChI is InChI=1S/C11H22ClNO2/c1-4-9(2)7-11(14)13-10(5-6-12)8-15-3/h9-10H,4-8H2,1-3H3,(H,13,14). The molecular formula is C11H22ClNO2. The van der Waals surface area contributed by atoms with Gasteiger partial charge in [0, 0.05) is 19.4 Å². The average molecular weight is 236 g/mol. The topological polar surface area (TPSA) is 38.3 Å². The van der Waals surface area contributed by atoms with E-state index in [1.54, 1.807) is 7.11 Å². The molecule has 0 aromatic rings. The second-order valence-corrected chi connectivity index (χ2v) is 4.29. The maximum atomic E-state index is 11.6. The van der Waals surface area contributed by atoms with Crippen molar-refractivity contribution in [2.45, 2.75) is 39.2 Å². The van der Waals surface area contributed by atoms with Crippen LogP contribution in [-0.4, -0.2) is 31.5 Å². The fourth-order valence-corrected chi connectivity index (χ4v) is 1.54. The zero-order chi connectivity index (χ0) is 11.7. The van der Waals surface area contributed by atoms with Gasteiger partial charge >= 0.3 is 0 Å². The smallest absolute Gasteiger partial charge is 0.220 e.